The van der Waals surface area contributed by atoms with Crippen LogP contribution in [0.15, 0.2) is 12.3 Å². The van der Waals surface area contributed by atoms with Gasteiger partial charge in [-0.05, 0) is 52.5 Å². The predicted octanol–water partition coefficient (Wildman–Crippen LogP) is 4.77. The Hall–Kier alpha value is -1.16. The maximum atomic E-state index is 11.1. The van der Waals surface area contributed by atoms with Gasteiger partial charge >= 0.3 is 0 Å². The zero-order valence-electron chi connectivity index (χ0n) is 19.3. The van der Waals surface area contributed by atoms with Gasteiger partial charge < -0.3 is 19.4 Å². The standard InChI is InChI=1S/C14H26O3.C4H8O/c1-4-5-12-17-14(3,9-6-7-11-15)10-8-13(2)16;1-3-4(2)5/h7,11,15H,4-6,8-10,12H2,1-3H3;3H2,1-2H3/i4D2;1D3. The van der Waals surface area contributed by atoms with Crippen LogP contribution in [0.2, 0.25) is 0 Å². The molecular formula is C18H34O4. The lowest BCUT2D eigenvalue weighted by molar-refractivity contribution is -0.119. The van der Waals surface area contributed by atoms with Gasteiger partial charge in [0.25, 0.3) is 0 Å². The number of aliphatic hydroxyl groups is 1. The van der Waals surface area contributed by atoms with Gasteiger partial charge in [0.05, 0.1) is 11.9 Å². The molecule has 0 fully saturated rings. The molecule has 1 atom stereocenters. The Morgan fingerprint density at radius 2 is 2.00 bits per heavy atom. The van der Waals surface area contributed by atoms with Gasteiger partial charge in [0.2, 0.25) is 0 Å². The molecule has 0 heterocycles. The Labute approximate surface area is 143 Å². The fraction of sp³-hybridized carbons (Fsp3) is 0.778. The number of Topliss-reactive ketones (excluding diaryl/α,β-unsaturated/α-hetero) is 2. The normalized spacial score (nSPS) is 17.9. The molecule has 0 spiro atoms. The predicted molar refractivity (Wildman–Crippen MR) is 91.2 cm³/mol. The SMILES string of the molecule is [2H]C([2H])(C)CCOC(C)(CCC=CO)CCC(C)=O.[2H]C([2H])([2H])CC(C)=O. The van der Waals surface area contributed by atoms with Crippen LogP contribution in [-0.4, -0.2) is 28.9 Å². The summed E-state index contributed by atoms with van der Waals surface area (Å²) in [6.07, 6.45) is 3.88. The molecule has 22 heavy (non-hydrogen) atoms. The summed E-state index contributed by atoms with van der Waals surface area (Å²) in [6, 6.07) is 0. The third-order valence-corrected chi connectivity index (χ3v) is 3.00. The second-order valence-corrected chi connectivity index (χ2v) is 5.41. The fourth-order valence-electron chi connectivity index (χ4n) is 1.57. The molecule has 0 aromatic rings. The smallest absolute Gasteiger partial charge is 0.129 e. The number of allylic oxidation sites excluding steroid dienone is 1. The van der Waals surface area contributed by atoms with Crippen LogP contribution in [0.4, 0.5) is 0 Å². The lowest BCUT2D eigenvalue weighted by Gasteiger charge is -2.29. The van der Waals surface area contributed by atoms with Crippen molar-refractivity contribution in [3.8, 4) is 0 Å². The molecule has 0 amide bonds. The Morgan fingerprint density at radius 1 is 1.32 bits per heavy atom. The van der Waals surface area contributed by atoms with Crippen LogP contribution in [0, 0.1) is 0 Å². The van der Waals surface area contributed by atoms with E-state index in [1.54, 1.807) is 13.0 Å². The van der Waals surface area contributed by atoms with E-state index in [0.717, 1.165) is 6.26 Å². The highest BCUT2D eigenvalue weighted by molar-refractivity contribution is 5.75. The second-order valence-electron chi connectivity index (χ2n) is 5.41. The minimum Gasteiger partial charge on any atom is -0.516 e. The first-order valence-electron chi connectivity index (χ1n) is 10.0. The summed E-state index contributed by atoms with van der Waals surface area (Å²) in [5.74, 6) is -0.164. The number of carbonyl (C=O) groups excluding carboxylic acids is 2. The molecule has 0 aliphatic rings. The summed E-state index contributed by atoms with van der Waals surface area (Å²) in [6.45, 7) is 4.54. The van der Waals surface area contributed by atoms with E-state index in [-0.39, 0.29) is 18.0 Å². The molecule has 0 aromatic heterocycles. The van der Waals surface area contributed by atoms with E-state index in [2.05, 4.69) is 0 Å². The Kier molecular flexibility index (Phi) is 9.69. The maximum Gasteiger partial charge on any atom is 0.129 e. The van der Waals surface area contributed by atoms with Crippen LogP contribution in [-0.2, 0) is 14.3 Å². The van der Waals surface area contributed by atoms with Gasteiger partial charge in [-0.3, -0.25) is 0 Å². The van der Waals surface area contributed by atoms with E-state index in [1.807, 2.05) is 6.92 Å². The first kappa shape index (κ1) is 14.4. The van der Waals surface area contributed by atoms with Crippen molar-refractivity contribution < 1.29 is 26.3 Å². The van der Waals surface area contributed by atoms with Gasteiger partial charge in [-0.2, -0.15) is 0 Å². The van der Waals surface area contributed by atoms with Gasteiger partial charge in [0.15, 0.2) is 0 Å². The molecule has 0 saturated carbocycles. The fourth-order valence-corrected chi connectivity index (χ4v) is 1.57. The van der Waals surface area contributed by atoms with Crippen molar-refractivity contribution in [2.24, 2.45) is 0 Å². The van der Waals surface area contributed by atoms with Gasteiger partial charge in [0.1, 0.15) is 11.6 Å². The number of ketones is 2. The number of ether oxygens (including phenoxy) is 1. The quantitative estimate of drug-likeness (QED) is 0.557. The summed E-state index contributed by atoms with van der Waals surface area (Å²) in [4.78, 5) is 21.2. The number of carbonyl (C=O) groups is 2. The highest BCUT2D eigenvalue weighted by Crippen LogP contribution is 2.24. The highest BCUT2D eigenvalue weighted by atomic mass is 16.5. The van der Waals surface area contributed by atoms with Crippen LogP contribution in [0.1, 0.15) is 86.3 Å². The van der Waals surface area contributed by atoms with Crippen molar-refractivity contribution in [3.63, 3.8) is 0 Å². The monoisotopic (exact) mass is 319 g/mol. The first-order chi connectivity index (χ1) is 12.1. The van der Waals surface area contributed by atoms with Crippen molar-refractivity contribution in [1.82, 2.24) is 0 Å². The average molecular weight is 319 g/mol. The minimum absolute atomic E-state index is 0.123. The lowest BCUT2D eigenvalue weighted by atomic mass is 9.93. The third-order valence-electron chi connectivity index (χ3n) is 3.00. The van der Waals surface area contributed by atoms with Crippen molar-refractivity contribution in [2.75, 3.05) is 6.61 Å². The van der Waals surface area contributed by atoms with Crippen molar-refractivity contribution >= 4 is 11.6 Å². The molecule has 4 nitrogen and oxygen atoms in total. The van der Waals surface area contributed by atoms with Gasteiger partial charge in [-0.15, -0.1) is 0 Å². The van der Waals surface area contributed by atoms with Crippen LogP contribution < -0.4 is 0 Å². The van der Waals surface area contributed by atoms with Crippen molar-refractivity contribution in [2.45, 2.75) is 85.0 Å². The largest absolute Gasteiger partial charge is 0.516 e. The zero-order valence-corrected chi connectivity index (χ0v) is 14.3. The number of aliphatic hydroxyl groups excluding tert-OH is 1. The third kappa shape index (κ3) is 16.9. The molecule has 4 heteroatoms. The zero-order chi connectivity index (χ0) is 21.7. The number of hydrogen-bond acceptors (Lipinski definition) is 4. The summed E-state index contributed by atoms with van der Waals surface area (Å²) in [5.41, 5.74) is -0.448. The van der Waals surface area contributed by atoms with Crippen molar-refractivity contribution in [3.05, 3.63) is 12.3 Å². The molecule has 1 N–H and O–H groups in total. The summed E-state index contributed by atoms with van der Waals surface area (Å²) in [5, 5.41) is 8.64. The molecular weight excluding hydrogens is 280 g/mol. The molecule has 0 aromatic carbocycles. The molecule has 0 bridgehead atoms. The number of rotatable bonds is 11. The van der Waals surface area contributed by atoms with Gasteiger partial charge in [-0.25, -0.2) is 0 Å². The number of hydrogen-bond donors (Lipinski definition) is 1. The summed E-state index contributed by atoms with van der Waals surface area (Å²) < 4.78 is 40.5. The maximum absolute atomic E-state index is 11.1. The van der Waals surface area contributed by atoms with Crippen LogP contribution in [0.5, 0.6) is 0 Å². The topological polar surface area (TPSA) is 63.6 Å². The molecule has 0 aliphatic heterocycles. The molecule has 0 saturated heterocycles. The Morgan fingerprint density at radius 3 is 2.41 bits per heavy atom. The molecule has 0 aliphatic carbocycles. The van der Waals surface area contributed by atoms with E-state index in [9.17, 15) is 9.59 Å². The summed E-state index contributed by atoms with van der Waals surface area (Å²) >= 11 is 0. The lowest BCUT2D eigenvalue weighted by Crippen LogP contribution is -2.30. The first-order valence-corrected chi connectivity index (χ1v) is 7.52. The summed E-state index contributed by atoms with van der Waals surface area (Å²) in [7, 11) is 0. The van der Waals surface area contributed by atoms with Crippen LogP contribution in [0.25, 0.3) is 0 Å². The van der Waals surface area contributed by atoms with Crippen LogP contribution >= 0.6 is 0 Å². The molecule has 1 unspecified atom stereocenters. The van der Waals surface area contributed by atoms with Gasteiger partial charge in [0, 0.05) is 26.3 Å². The second kappa shape index (κ2) is 14.8. The molecule has 0 radical (unpaired) electrons. The molecule has 130 valence electrons. The van der Waals surface area contributed by atoms with E-state index in [1.165, 1.54) is 13.8 Å². The Bertz CT molecular complexity index is 469. The van der Waals surface area contributed by atoms with E-state index >= 15 is 0 Å². The minimum atomic E-state index is -2.08. The van der Waals surface area contributed by atoms with Crippen LogP contribution in [0.3, 0.4) is 0 Å². The highest BCUT2D eigenvalue weighted by Gasteiger charge is 2.24. The van der Waals surface area contributed by atoms with E-state index in [0.29, 0.717) is 38.7 Å². The molecule has 0 rings (SSSR count). The van der Waals surface area contributed by atoms with Crippen molar-refractivity contribution in [1.29, 1.82) is 0 Å². The van der Waals surface area contributed by atoms with E-state index < -0.39 is 18.8 Å². The van der Waals surface area contributed by atoms with E-state index in [4.69, 9.17) is 16.7 Å². The average Bonchev–Trinajstić information content (AvgIpc) is 2.42. The van der Waals surface area contributed by atoms with Gasteiger partial charge in [-0.1, -0.05) is 20.1 Å². The Balaban J connectivity index is 0.